The molecular formula is C12H20N2S. The number of nitrogens with zero attached hydrogens (tertiary/aromatic N) is 1. The molecule has 0 saturated heterocycles. The van der Waals surface area contributed by atoms with Crippen molar-refractivity contribution in [2.45, 2.75) is 49.8 Å². The van der Waals surface area contributed by atoms with Crippen molar-refractivity contribution in [1.29, 1.82) is 0 Å². The normalized spacial score (nSPS) is 14.9. The third kappa shape index (κ3) is 3.84. The van der Waals surface area contributed by atoms with E-state index in [1.54, 1.807) is 0 Å². The maximum Gasteiger partial charge on any atom is 0.0571 e. The standard InChI is InChI=1S/C12H20N2S/c1-4-9(3)15-10-6-7-12(14-8-10)11(13)5-2/h6-9,11H,4-5,13H2,1-3H3/t9?,11-/m0/s1. The molecule has 1 aromatic heterocycles. The smallest absolute Gasteiger partial charge is 0.0571 e. The molecule has 84 valence electrons. The summed E-state index contributed by atoms with van der Waals surface area (Å²) in [5, 5.41) is 0.650. The maximum atomic E-state index is 5.90. The van der Waals surface area contributed by atoms with Crippen LogP contribution in [0, 0.1) is 0 Å². The molecule has 1 aromatic rings. The van der Waals surface area contributed by atoms with E-state index in [4.69, 9.17) is 5.73 Å². The van der Waals surface area contributed by atoms with Gasteiger partial charge < -0.3 is 5.73 Å². The molecule has 0 spiro atoms. The van der Waals surface area contributed by atoms with E-state index in [9.17, 15) is 0 Å². The molecule has 2 atom stereocenters. The molecule has 2 nitrogen and oxygen atoms in total. The Morgan fingerprint density at radius 1 is 1.33 bits per heavy atom. The van der Waals surface area contributed by atoms with Crippen molar-refractivity contribution < 1.29 is 0 Å². The van der Waals surface area contributed by atoms with Crippen LogP contribution in [0.15, 0.2) is 23.2 Å². The molecule has 1 unspecified atom stereocenters. The van der Waals surface area contributed by atoms with Crippen LogP contribution in [0.1, 0.15) is 45.3 Å². The van der Waals surface area contributed by atoms with Crippen molar-refractivity contribution in [3.8, 4) is 0 Å². The molecule has 1 rings (SSSR count). The third-order valence-electron chi connectivity index (χ3n) is 2.49. The van der Waals surface area contributed by atoms with Crippen LogP contribution in [0.25, 0.3) is 0 Å². The topological polar surface area (TPSA) is 38.9 Å². The van der Waals surface area contributed by atoms with Crippen LogP contribution in [0.3, 0.4) is 0 Å². The second-order valence-corrected chi connectivity index (χ2v) is 5.28. The van der Waals surface area contributed by atoms with Gasteiger partial charge in [0.1, 0.15) is 0 Å². The molecule has 1 heterocycles. The van der Waals surface area contributed by atoms with Crippen molar-refractivity contribution in [2.75, 3.05) is 0 Å². The molecule has 2 N–H and O–H groups in total. The summed E-state index contributed by atoms with van der Waals surface area (Å²) in [6.45, 7) is 6.51. The van der Waals surface area contributed by atoms with Crippen LogP contribution in [0.2, 0.25) is 0 Å². The number of aromatic nitrogens is 1. The molecule has 0 fully saturated rings. The van der Waals surface area contributed by atoms with Crippen molar-refractivity contribution >= 4 is 11.8 Å². The summed E-state index contributed by atoms with van der Waals surface area (Å²) < 4.78 is 0. The molecule has 0 aromatic carbocycles. The lowest BCUT2D eigenvalue weighted by molar-refractivity contribution is 0.674. The fourth-order valence-electron chi connectivity index (χ4n) is 1.21. The molecule has 0 amide bonds. The highest BCUT2D eigenvalue weighted by molar-refractivity contribution is 7.99. The van der Waals surface area contributed by atoms with Crippen molar-refractivity contribution in [1.82, 2.24) is 4.98 Å². The first-order chi connectivity index (χ1) is 7.17. The van der Waals surface area contributed by atoms with Gasteiger partial charge in [-0.3, -0.25) is 4.98 Å². The largest absolute Gasteiger partial charge is 0.323 e. The van der Waals surface area contributed by atoms with Gasteiger partial charge in [0.05, 0.1) is 5.69 Å². The Labute approximate surface area is 96.7 Å². The van der Waals surface area contributed by atoms with Gasteiger partial charge in [-0.25, -0.2) is 0 Å². The molecule has 0 bridgehead atoms. The minimum atomic E-state index is 0.0765. The SMILES string of the molecule is CCC(C)Sc1ccc([C@@H](N)CC)nc1. The predicted octanol–water partition coefficient (Wildman–Crippen LogP) is 3.38. The summed E-state index contributed by atoms with van der Waals surface area (Å²) >= 11 is 1.87. The minimum Gasteiger partial charge on any atom is -0.323 e. The Morgan fingerprint density at radius 3 is 2.53 bits per heavy atom. The quantitative estimate of drug-likeness (QED) is 0.779. The summed E-state index contributed by atoms with van der Waals surface area (Å²) in [5.74, 6) is 0. The van der Waals surface area contributed by atoms with E-state index in [-0.39, 0.29) is 6.04 Å². The average Bonchev–Trinajstić information content (AvgIpc) is 2.29. The molecule has 0 aliphatic carbocycles. The van der Waals surface area contributed by atoms with Gasteiger partial charge in [0.15, 0.2) is 0 Å². The first kappa shape index (κ1) is 12.5. The van der Waals surface area contributed by atoms with E-state index in [0.29, 0.717) is 5.25 Å². The lowest BCUT2D eigenvalue weighted by atomic mass is 10.1. The van der Waals surface area contributed by atoms with Gasteiger partial charge in [-0.2, -0.15) is 0 Å². The first-order valence-corrected chi connectivity index (χ1v) is 6.43. The van der Waals surface area contributed by atoms with Gasteiger partial charge in [0.2, 0.25) is 0 Å². The Kier molecular flexibility index (Phi) is 5.12. The van der Waals surface area contributed by atoms with Gasteiger partial charge in [0.25, 0.3) is 0 Å². The second-order valence-electron chi connectivity index (χ2n) is 3.77. The predicted molar refractivity (Wildman–Crippen MR) is 67.1 cm³/mol. The summed E-state index contributed by atoms with van der Waals surface area (Å²) in [7, 11) is 0. The van der Waals surface area contributed by atoms with Crippen LogP contribution in [-0.4, -0.2) is 10.2 Å². The van der Waals surface area contributed by atoms with E-state index in [2.05, 4.69) is 31.8 Å². The summed E-state index contributed by atoms with van der Waals surface area (Å²) in [6.07, 6.45) is 4.05. The van der Waals surface area contributed by atoms with E-state index in [1.165, 1.54) is 11.3 Å². The van der Waals surface area contributed by atoms with Gasteiger partial charge in [-0.1, -0.05) is 20.8 Å². The number of thioether (sulfide) groups is 1. The summed E-state index contributed by atoms with van der Waals surface area (Å²) in [4.78, 5) is 5.62. The Hall–Kier alpha value is -0.540. The Morgan fingerprint density at radius 2 is 2.07 bits per heavy atom. The van der Waals surface area contributed by atoms with Gasteiger partial charge in [-0.15, -0.1) is 11.8 Å². The van der Waals surface area contributed by atoms with Crippen LogP contribution in [0.5, 0.6) is 0 Å². The van der Waals surface area contributed by atoms with E-state index < -0.39 is 0 Å². The highest BCUT2D eigenvalue weighted by atomic mass is 32.2. The molecule has 15 heavy (non-hydrogen) atoms. The second kappa shape index (κ2) is 6.13. The molecule has 0 radical (unpaired) electrons. The van der Waals surface area contributed by atoms with Crippen molar-refractivity contribution in [3.05, 3.63) is 24.0 Å². The fourth-order valence-corrected chi connectivity index (χ4v) is 2.10. The van der Waals surface area contributed by atoms with E-state index in [1.807, 2.05) is 24.0 Å². The van der Waals surface area contributed by atoms with Crippen molar-refractivity contribution in [3.63, 3.8) is 0 Å². The molecule has 0 aliphatic heterocycles. The minimum absolute atomic E-state index is 0.0765. The van der Waals surface area contributed by atoms with Crippen LogP contribution >= 0.6 is 11.8 Å². The molecule has 0 aliphatic rings. The van der Waals surface area contributed by atoms with Crippen molar-refractivity contribution in [2.24, 2.45) is 5.73 Å². The highest BCUT2D eigenvalue weighted by Gasteiger charge is 2.06. The van der Waals surface area contributed by atoms with Crippen LogP contribution in [0.4, 0.5) is 0 Å². The van der Waals surface area contributed by atoms with Crippen LogP contribution < -0.4 is 5.73 Å². The lowest BCUT2D eigenvalue weighted by Gasteiger charge is -2.10. The third-order valence-corrected chi connectivity index (χ3v) is 3.74. The zero-order valence-corrected chi connectivity index (χ0v) is 10.6. The number of hydrogen-bond acceptors (Lipinski definition) is 3. The lowest BCUT2D eigenvalue weighted by Crippen LogP contribution is -2.10. The summed E-state index contributed by atoms with van der Waals surface area (Å²) in [6, 6.07) is 4.24. The zero-order chi connectivity index (χ0) is 11.3. The molecule has 3 heteroatoms. The van der Waals surface area contributed by atoms with Gasteiger partial charge in [0, 0.05) is 22.4 Å². The Bertz CT molecular complexity index is 284. The van der Waals surface area contributed by atoms with E-state index >= 15 is 0 Å². The molecular weight excluding hydrogens is 204 g/mol. The zero-order valence-electron chi connectivity index (χ0n) is 9.73. The average molecular weight is 224 g/mol. The maximum absolute atomic E-state index is 5.90. The van der Waals surface area contributed by atoms with Crippen LogP contribution in [-0.2, 0) is 0 Å². The highest BCUT2D eigenvalue weighted by Crippen LogP contribution is 2.25. The number of nitrogens with two attached hydrogens (primary N) is 1. The number of hydrogen-bond donors (Lipinski definition) is 1. The molecule has 0 saturated carbocycles. The van der Waals surface area contributed by atoms with Gasteiger partial charge >= 0.3 is 0 Å². The van der Waals surface area contributed by atoms with E-state index in [0.717, 1.165) is 12.1 Å². The number of pyridine rings is 1. The monoisotopic (exact) mass is 224 g/mol. The fraction of sp³-hybridized carbons (Fsp3) is 0.583. The van der Waals surface area contributed by atoms with Gasteiger partial charge in [-0.05, 0) is 25.0 Å². The summed E-state index contributed by atoms with van der Waals surface area (Å²) in [5.41, 5.74) is 6.89. The first-order valence-electron chi connectivity index (χ1n) is 5.55. The Balaban J connectivity index is 2.64. The number of rotatable bonds is 5.